The summed E-state index contributed by atoms with van der Waals surface area (Å²) in [5.41, 5.74) is -1.31. The van der Waals surface area contributed by atoms with Gasteiger partial charge >= 0.3 is 12.1 Å². The van der Waals surface area contributed by atoms with Crippen molar-refractivity contribution in [2.45, 2.75) is 63.8 Å². The molecule has 1 saturated heterocycles. The summed E-state index contributed by atoms with van der Waals surface area (Å²) >= 11 is 0. The van der Waals surface area contributed by atoms with Crippen LogP contribution in [0, 0.1) is 23.1 Å². The molecule has 4 atom stereocenters. The number of halogens is 4. The van der Waals surface area contributed by atoms with Crippen LogP contribution in [0.1, 0.15) is 72.3 Å². The molecule has 0 spiro atoms. The minimum absolute atomic E-state index is 0.0848. The number of nitrogens with zero attached hydrogens (tertiary/aromatic N) is 3. The lowest BCUT2D eigenvalue weighted by molar-refractivity contribution is -0.195. The van der Waals surface area contributed by atoms with Crippen LogP contribution in [-0.2, 0) is 11.3 Å². The molecule has 3 fully saturated rings. The number of aromatic carboxylic acids is 1. The first-order valence-corrected chi connectivity index (χ1v) is 13.2. The van der Waals surface area contributed by atoms with Gasteiger partial charge in [-0.25, -0.2) is 14.2 Å². The Morgan fingerprint density at radius 2 is 1.97 bits per heavy atom. The summed E-state index contributed by atoms with van der Waals surface area (Å²) in [5.74, 6) is -0.453. The van der Waals surface area contributed by atoms with Crippen molar-refractivity contribution in [3.63, 3.8) is 0 Å². The first-order valence-electron chi connectivity index (χ1n) is 13.2. The summed E-state index contributed by atoms with van der Waals surface area (Å²) in [6.07, 6.45) is 4.42. The quantitative estimate of drug-likeness (QED) is 0.418. The van der Waals surface area contributed by atoms with Gasteiger partial charge in [-0.05, 0) is 62.5 Å². The molecule has 208 valence electrons. The summed E-state index contributed by atoms with van der Waals surface area (Å²) in [6, 6.07) is 0.986. The number of hydrogen-bond donors (Lipinski definition) is 1. The third-order valence-electron chi connectivity index (χ3n) is 8.71. The number of allylic oxidation sites excluding steroid dienone is 4. The molecule has 0 amide bonds. The molecule has 3 aliphatic carbocycles. The molecule has 2 saturated carbocycles. The van der Waals surface area contributed by atoms with Crippen LogP contribution in [-0.4, -0.2) is 46.6 Å². The molecule has 6 rings (SSSR count). The van der Waals surface area contributed by atoms with Crippen LogP contribution in [0.5, 0.6) is 0 Å². The van der Waals surface area contributed by atoms with Crippen LogP contribution in [0.4, 0.5) is 23.4 Å². The third kappa shape index (κ3) is 4.64. The van der Waals surface area contributed by atoms with Crippen molar-refractivity contribution in [2.24, 2.45) is 17.3 Å². The Balaban J connectivity index is 1.15. The molecule has 7 nitrogen and oxygen atoms in total. The van der Waals surface area contributed by atoms with Crippen molar-refractivity contribution in [3.05, 3.63) is 58.9 Å². The standard InChI is InChI=1S/C28H29F4N3O4/c1-27(28(30,31)32)7-3-2-4-21(27)23-20(24(39-34-23)15-5-6-15)14-38-19-8-17-12-35(13-18(17)9-19)25-22(29)10-16(11-33-25)26(36)37/h2-4,10-11,15,17-19H,5-9,12-14H2,1H3,(H,36,37)/t17-,18?,19?,27?/m0/s1. The molecule has 2 aromatic heterocycles. The molecule has 3 heterocycles. The van der Waals surface area contributed by atoms with Gasteiger partial charge in [-0.1, -0.05) is 23.4 Å². The Labute approximate surface area is 222 Å². The SMILES string of the molecule is CC1(C(F)(F)F)CC=CC=C1c1noc(C2CC2)c1COC1CC2CN(c3ncc(C(=O)O)cc3F)C[C@@H]2C1. The Morgan fingerprint density at radius 3 is 2.59 bits per heavy atom. The van der Waals surface area contributed by atoms with Gasteiger partial charge in [0.2, 0.25) is 0 Å². The van der Waals surface area contributed by atoms with E-state index in [4.69, 9.17) is 14.4 Å². The van der Waals surface area contributed by atoms with Gasteiger partial charge in [-0.3, -0.25) is 0 Å². The molecule has 0 radical (unpaired) electrons. The van der Waals surface area contributed by atoms with E-state index in [0.29, 0.717) is 24.4 Å². The number of carboxylic acid groups (broad SMARTS) is 1. The molecule has 4 aliphatic rings. The van der Waals surface area contributed by atoms with Crippen LogP contribution in [0.2, 0.25) is 0 Å². The van der Waals surface area contributed by atoms with E-state index in [2.05, 4.69) is 10.1 Å². The Morgan fingerprint density at radius 1 is 1.26 bits per heavy atom. The average molecular weight is 548 g/mol. The van der Waals surface area contributed by atoms with Gasteiger partial charge in [-0.15, -0.1) is 0 Å². The molecular formula is C28H29F4N3O4. The highest BCUT2D eigenvalue weighted by Gasteiger charge is 2.55. The van der Waals surface area contributed by atoms with Gasteiger partial charge in [0.25, 0.3) is 0 Å². The lowest BCUT2D eigenvalue weighted by atomic mass is 9.73. The van der Waals surface area contributed by atoms with Gasteiger partial charge in [-0.2, -0.15) is 13.2 Å². The van der Waals surface area contributed by atoms with Crippen molar-refractivity contribution in [1.29, 1.82) is 0 Å². The maximum atomic E-state index is 14.5. The second-order valence-electron chi connectivity index (χ2n) is 11.4. The zero-order valence-electron chi connectivity index (χ0n) is 21.4. The zero-order chi connectivity index (χ0) is 27.5. The van der Waals surface area contributed by atoms with Crippen LogP contribution in [0.15, 0.2) is 35.0 Å². The highest BCUT2D eigenvalue weighted by atomic mass is 19.4. The van der Waals surface area contributed by atoms with Crippen molar-refractivity contribution in [3.8, 4) is 0 Å². The van der Waals surface area contributed by atoms with Gasteiger partial charge in [0.05, 0.1) is 23.7 Å². The van der Waals surface area contributed by atoms with Crippen molar-refractivity contribution in [2.75, 3.05) is 18.0 Å². The van der Waals surface area contributed by atoms with Gasteiger partial charge in [0.1, 0.15) is 11.5 Å². The molecule has 1 N–H and O–H groups in total. The number of fused-ring (bicyclic) bond motifs is 1. The van der Waals surface area contributed by atoms with Crippen molar-refractivity contribution < 1.29 is 36.7 Å². The maximum absolute atomic E-state index is 14.5. The number of hydrogen-bond acceptors (Lipinski definition) is 6. The predicted molar refractivity (Wildman–Crippen MR) is 133 cm³/mol. The predicted octanol–water partition coefficient (Wildman–Crippen LogP) is 6.13. The van der Waals surface area contributed by atoms with Gasteiger partial charge < -0.3 is 19.3 Å². The number of pyridine rings is 1. The van der Waals surface area contributed by atoms with Crippen molar-refractivity contribution >= 4 is 17.4 Å². The first-order chi connectivity index (χ1) is 18.5. The zero-order valence-corrected chi connectivity index (χ0v) is 21.4. The van der Waals surface area contributed by atoms with E-state index in [1.54, 1.807) is 6.08 Å². The fourth-order valence-electron chi connectivity index (χ4n) is 6.24. The number of alkyl halides is 3. The lowest BCUT2D eigenvalue weighted by Gasteiger charge is -2.34. The van der Waals surface area contributed by atoms with Crippen LogP contribution in [0.3, 0.4) is 0 Å². The van der Waals surface area contributed by atoms with Crippen LogP contribution >= 0.6 is 0 Å². The van der Waals surface area contributed by atoms with Crippen molar-refractivity contribution in [1.82, 2.24) is 10.1 Å². The Hall–Kier alpha value is -3.21. The van der Waals surface area contributed by atoms with E-state index in [9.17, 15) is 22.4 Å². The second kappa shape index (κ2) is 9.46. The fraction of sp³-hybridized carbons (Fsp3) is 0.536. The number of carbonyl (C=O) groups is 1. The molecular weight excluding hydrogens is 518 g/mol. The summed E-state index contributed by atoms with van der Waals surface area (Å²) in [5, 5.41) is 13.2. The summed E-state index contributed by atoms with van der Waals surface area (Å²) in [4.78, 5) is 17.0. The van der Waals surface area contributed by atoms with Crippen LogP contribution < -0.4 is 4.90 Å². The van der Waals surface area contributed by atoms with E-state index < -0.39 is 23.4 Å². The largest absolute Gasteiger partial charge is 0.478 e. The molecule has 0 bridgehead atoms. The smallest absolute Gasteiger partial charge is 0.398 e. The van der Waals surface area contributed by atoms with Gasteiger partial charge in [0.15, 0.2) is 11.6 Å². The summed E-state index contributed by atoms with van der Waals surface area (Å²) in [7, 11) is 0. The molecule has 2 aromatic rings. The van der Waals surface area contributed by atoms with Crippen LogP contribution in [0.25, 0.3) is 5.57 Å². The number of ether oxygens (including phenoxy) is 1. The summed E-state index contributed by atoms with van der Waals surface area (Å²) < 4.78 is 68.9. The number of rotatable bonds is 7. The van der Waals surface area contributed by atoms with E-state index in [1.807, 2.05) is 4.90 Å². The second-order valence-corrected chi connectivity index (χ2v) is 11.4. The average Bonchev–Trinajstić information content (AvgIpc) is 3.34. The summed E-state index contributed by atoms with van der Waals surface area (Å²) in [6.45, 7) is 2.49. The highest BCUT2D eigenvalue weighted by molar-refractivity contribution is 5.87. The van der Waals surface area contributed by atoms with E-state index >= 15 is 0 Å². The number of aromatic nitrogens is 2. The molecule has 1 aliphatic heterocycles. The molecule has 39 heavy (non-hydrogen) atoms. The van der Waals surface area contributed by atoms with E-state index in [0.717, 1.165) is 37.9 Å². The Kier molecular flexibility index (Phi) is 6.32. The van der Waals surface area contributed by atoms with E-state index in [1.165, 1.54) is 19.1 Å². The molecule has 3 unspecified atom stereocenters. The lowest BCUT2D eigenvalue weighted by Crippen LogP contribution is -2.37. The highest BCUT2D eigenvalue weighted by Crippen LogP contribution is 2.54. The molecule has 11 heteroatoms. The monoisotopic (exact) mass is 547 g/mol. The maximum Gasteiger partial charge on any atom is 0.398 e. The molecule has 0 aromatic carbocycles. The number of anilines is 1. The topological polar surface area (TPSA) is 88.7 Å². The van der Waals surface area contributed by atoms with E-state index in [-0.39, 0.29) is 59.5 Å². The number of carboxylic acids is 1. The van der Waals surface area contributed by atoms with Gasteiger partial charge in [0, 0.05) is 30.8 Å². The third-order valence-corrected chi connectivity index (χ3v) is 8.71. The first kappa shape index (κ1) is 26.0. The minimum atomic E-state index is -4.45. The fourth-order valence-corrected chi connectivity index (χ4v) is 6.24. The normalized spacial score (nSPS) is 28.6. The minimum Gasteiger partial charge on any atom is -0.478 e. The Bertz CT molecular complexity index is 1330.